The highest BCUT2D eigenvalue weighted by atomic mass is 32.2. The summed E-state index contributed by atoms with van der Waals surface area (Å²) in [6.07, 6.45) is 3.10. The zero-order valence-corrected chi connectivity index (χ0v) is 14.9. The molecule has 0 amide bonds. The summed E-state index contributed by atoms with van der Waals surface area (Å²) in [5, 5.41) is 3.41. The van der Waals surface area contributed by atoms with E-state index in [0.29, 0.717) is 18.3 Å². The molecule has 1 fully saturated rings. The van der Waals surface area contributed by atoms with Gasteiger partial charge in [-0.3, -0.25) is 0 Å². The molecule has 6 heteroatoms. The molecule has 0 radical (unpaired) electrons. The lowest BCUT2D eigenvalue weighted by molar-refractivity contribution is 0.177. The van der Waals surface area contributed by atoms with Crippen LogP contribution in [0.5, 0.6) is 0 Å². The molecule has 0 aliphatic carbocycles. The number of nitrogens with one attached hydrogen (secondary N) is 1. The Morgan fingerprint density at radius 3 is 2.79 bits per heavy atom. The first-order chi connectivity index (χ1) is 11.8. The molecule has 5 nitrogen and oxygen atoms in total. The van der Waals surface area contributed by atoms with Gasteiger partial charge in [-0.2, -0.15) is 0 Å². The van der Waals surface area contributed by atoms with E-state index >= 15 is 0 Å². The van der Waals surface area contributed by atoms with Crippen LogP contribution in [-0.2, 0) is 22.6 Å². The smallest absolute Gasteiger partial charge is 0.156 e. The normalized spacial score (nSPS) is 17.2. The standard InChI is InChI=1S/C18H23N3O2S/c1-22-12-18-20-16(14-7-8-23-11-14)9-17(21-18)19-10-13-3-5-15(24-2)6-4-13/h3-6,9,14H,7-8,10-12H2,1-2H3,(H,19,20,21)/t14-/m0/s1. The molecule has 0 saturated carbocycles. The fourth-order valence-electron chi connectivity index (χ4n) is 2.71. The van der Waals surface area contributed by atoms with Crippen LogP contribution in [0, 0.1) is 0 Å². The van der Waals surface area contributed by atoms with Crippen LogP contribution in [0.3, 0.4) is 0 Å². The monoisotopic (exact) mass is 345 g/mol. The van der Waals surface area contributed by atoms with Crippen LogP contribution in [0.4, 0.5) is 5.82 Å². The quantitative estimate of drug-likeness (QED) is 0.776. The van der Waals surface area contributed by atoms with Crippen LogP contribution in [0.25, 0.3) is 0 Å². The summed E-state index contributed by atoms with van der Waals surface area (Å²) in [5.41, 5.74) is 2.26. The molecule has 2 aromatic rings. The molecule has 0 unspecified atom stereocenters. The minimum absolute atomic E-state index is 0.352. The fourth-order valence-corrected chi connectivity index (χ4v) is 3.12. The lowest BCUT2D eigenvalue weighted by Gasteiger charge is -2.13. The number of aromatic nitrogens is 2. The number of ether oxygens (including phenoxy) is 2. The van der Waals surface area contributed by atoms with E-state index in [2.05, 4.69) is 45.8 Å². The number of nitrogens with zero attached hydrogens (tertiary/aromatic N) is 2. The van der Waals surface area contributed by atoms with E-state index in [1.54, 1.807) is 18.9 Å². The number of anilines is 1. The summed E-state index contributed by atoms with van der Waals surface area (Å²) in [5.74, 6) is 1.90. The molecule has 128 valence electrons. The van der Waals surface area contributed by atoms with E-state index in [4.69, 9.17) is 9.47 Å². The Morgan fingerprint density at radius 1 is 1.29 bits per heavy atom. The van der Waals surface area contributed by atoms with Gasteiger partial charge in [0.2, 0.25) is 0 Å². The molecule has 1 N–H and O–H groups in total. The van der Waals surface area contributed by atoms with E-state index in [1.165, 1.54) is 10.5 Å². The van der Waals surface area contributed by atoms with Crippen molar-refractivity contribution < 1.29 is 9.47 Å². The second-order valence-electron chi connectivity index (χ2n) is 5.79. The number of benzene rings is 1. The Labute approximate surface area is 147 Å². The van der Waals surface area contributed by atoms with E-state index in [1.807, 2.05) is 6.07 Å². The van der Waals surface area contributed by atoms with E-state index < -0.39 is 0 Å². The summed E-state index contributed by atoms with van der Waals surface area (Å²) in [6, 6.07) is 10.6. The lowest BCUT2D eigenvalue weighted by atomic mass is 10.0. The van der Waals surface area contributed by atoms with Crippen LogP contribution in [0.2, 0.25) is 0 Å². The van der Waals surface area contributed by atoms with Crippen LogP contribution in [0.1, 0.15) is 29.4 Å². The number of thioether (sulfide) groups is 1. The zero-order valence-electron chi connectivity index (χ0n) is 14.1. The molecule has 1 aromatic carbocycles. The van der Waals surface area contributed by atoms with E-state index in [9.17, 15) is 0 Å². The van der Waals surface area contributed by atoms with E-state index in [-0.39, 0.29) is 0 Å². The zero-order chi connectivity index (χ0) is 16.8. The van der Waals surface area contributed by atoms with Crippen molar-refractivity contribution in [1.82, 2.24) is 9.97 Å². The first kappa shape index (κ1) is 17.2. The maximum absolute atomic E-state index is 5.49. The van der Waals surface area contributed by atoms with Gasteiger partial charge >= 0.3 is 0 Å². The number of hydrogen-bond acceptors (Lipinski definition) is 6. The molecular formula is C18H23N3O2S. The summed E-state index contributed by atoms with van der Waals surface area (Å²) < 4.78 is 10.7. The van der Waals surface area contributed by atoms with Crippen molar-refractivity contribution in [3.05, 3.63) is 47.4 Å². The summed E-state index contributed by atoms with van der Waals surface area (Å²) in [4.78, 5) is 10.4. The van der Waals surface area contributed by atoms with Crippen LogP contribution in [-0.4, -0.2) is 36.5 Å². The average molecular weight is 345 g/mol. The van der Waals surface area contributed by atoms with Gasteiger partial charge in [0.25, 0.3) is 0 Å². The molecule has 1 aromatic heterocycles. The van der Waals surface area contributed by atoms with Gasteiger partial charge in [-0.25, -0.2) is 9.97 Å². The second kappa shape index (κ2) is 8.46. The van der Waals surface area contributed by atoms with Gasteiger partial charge in [0.1, 0.15) is 12.4 Å². The third kappa shape index (κ3) is 4.47. The van der Waals surface area contributed by atoms with Gasteiger partial charge in [0.15, 0.2) is 5.82 Å². The Morgan fingerprint density at radius 2 is 2.12 bits per heavy atom. The largest absolute Gasteiger partial charge is 0.381 e. The molecule has 1 atom stereocenters. The Bertz CT molecular complexity index is 658. The van der Waals surface area contributed by atoms with Crippen molar-refractivity contribution in [2.45, 2.75) is 30.4 Å². The molecule has 0 spiro atoms. The van der Waals surface area contributed by atoms with Crippen molar-refractivity contribution in [3.63, 3.8) is 0 Å². The average Bonchev–Trinajstić information content (AvgIpc) is 3.15. The number of rotatable bonds is 7. The molecule has 1 aliphatic rings. The molecule has 0 bridgehead atoms. The number of hydrogen-bond donors (Lipinski definition) is 1. The molecule has 1 aliphatic heterocycles. The molecule has 1 saturated heterocycles. The SMILES string of the molecule is COCc1nc(NCc2ccc(SC)cc2)cc([C@H]2CCOC2)n1. The first-order valence-electron chi connectivity index (χ1n) is 8.10. The van der Waals surface area contributed by atoms with Crippen molar-refractivity contribution in [3.8, 4) is 0 Å². The van der Waals surface area contributed by atoms with Gasteiger partial charge < -0.3 is 14.8 Å². The lowest BCUT2D eigenvalue weighted by Crippen LogP contribution is -2.10. The van der Waals surface area contributed by atoms with Gasteiger partial charge in [-0.05, 0) is 30.4 Å². The summed E-state index contributed by atoms with van der Waals surface area (Å²) in [7, 11) is 1.66. The van der Waals surface area contributed by atoms with Crippen LogP contribution < -0.4 is 5.32 Å². The van der Waals surface area contributed by atoms with Gasteiger partial charge in [-0.1, -0.05) is 12.1 Å². The molecule has 24 heavy (non-hydrogen) atoms. The van der Waals surface area contributed by atoms with Crippen molar-refractivity contribution in [1.29, 1.82) is 0 Å². The predicted octanol–water partition coefficient (Wildman–Crippen LogP) is 3.46. The Hall–Kier alpha value is -1.63. The fraction of sp³-hybridized carbons (Fsp3) is 0.444. The van der Waals surface area contributed by atoms with Crippen LogP contribution >= 0.6 is 11.8 Å². The van der Waals surface area contributed by atoms with Crippen molar-refractivity contribution in [2.75, 3.05) is 31.9 Å². The van der Waals surface area contributed by atoms with Crippen molar-refractivity contribution in [2.24, 2.45) is 0 Å². The summed E-state index contributed by atoms with van der Waals surface area (Å²) >= 11 is 1.75. The van der Waals surface area contributed by atoms with Gasteiger partial charge in [-0.15, -0.1) is 11.8 Å². The molecular weight excluding hydrogens is 322 g/mol. The highest BCUT2D eigenvalue weighted by Gasteiger charge is 2.20. The third-order valence-electron chi connectivity index (χ3n) is 4.05. The first-order valence-corrected chi connectivity index (χ1v) is 9.32. The minimum atomic E-state index is 0.352. The minimum Gasteiger partial charge on any atom is -0.381 e. The predicted molar refractivity (Wildman–Crippen MR) is 96.5 cm³/mol. The highest BCUT2D eigenvalue weighted by Crippen LogP contribution is 2.25. The highest BCUT2D eigenvalue weighted by molar-refractivity contribution is 7.98. The summed E-state index contributed by atoms with van der Waals surface area (Å²) in [6.45, 7) is 2.69. The number of methoxy groups -OCH3 is 1. The molecule has 3 rings (SSSR count). The third-order valence-corrected chi connectivity index (χ3v) is 4.79. The Kier molecular flexibility index (Phi) is 6.07. The van der Waals surface area contributed by atoms with Gasteiger partial charge in [0, 0.05) is 37.1 Å². The van der Waals surface area contributed by atoms with E-state index in [0.717, 1.165) is 37.7 Å². The maximum Gasteiger partial charge on any atom is 0.156 e. The topological polar surface area (TPSA) is 56.3 Å². The van der Waals surface area contributed by atoms with Crippen LogP contribution in [0.15, 0.2) is 35.2 Å². The van der Waals surface area contributed by atoms with Crippen molar-refractivity contribution >= 4 is 17.6 Å². The second-order valence-corrected chi connectivity index (χ2v) is 6.67. The van der Waals surface area contributed by atoms with Gasteiger partial charge in [0.05, 0.1) is 12.3 Å². The Balaban J connectivity index is 1.72. The molecule has 2 heterocycles. The maximum atomic E-state index is 5.49.